The number of aromatic nitrogens is 2. The number of amides is 2. The molecule has 1 aliphatic rings. The number of methoxy groups -OCH3 is 2. The molecule has 1 saturated heterocycles. The van der Waals surface area contributed by atoms with Crippen molar-refractivity contribution in [2.45, 2.75) is 13.0 Å². The predicted octanol–water partition coefficient (Wildman–Crippen LogP) is 2.72. The Hall–Kier alpha value is -4.27. The lowest BCUT2D eigenvalue weighted by Crippen LogP contribution is -2.56. The van der Waals surface area contributed by atoms with Gasteiger partial charge in [0.15, 0.2) is 5.82 Å². The van der Waals surface area contributed by atoms with Crippen LogP contribution in [0.4, 0.5) is 0 Å². The molecule has 1 atom stereocenters. The van der Waals surface area contributed by atoms with E-state index in [9.17, 15) is 14.4 Å². The molecule has 3 aromatic rings. The second-order valence-corrected chi connectivity index (χ2v) is 8.15. The summed E-state index contributed by atoms with van der Waals surface area (Å²) >= 11 is 0. The molecular formula is C26H26N4O5. The first kappa shape index (κ1) is 23.9. The summed E-state index contributed by atoms with van der Waals surface area (Å²) in [7, 11) is 2.99. The molecule has 4 rings (SSSR count). The van der Waals surface area contributed by atoms with Crippen molar-refractivity contribution in [1.29, 1.82) is 0 Å². The van der Waals surface area contributed by atoms with E-state index < -0.39 is 11.7 Å². The van der Waals surface area contributed by atoms with E-state index in [-0.39, 0.29) is 17.5 Å². The average molecular weight is 475 g/mol. The number of hydrogen-bond donors (Lipinski definition) is 0. The van der Waals surface area contributed by atoms with E-state index in [1.807, 2.05) is 25.1 Å². The highest BCUT2D eigenvalue weighted by Gasteiger charge is 2.33. The van der Waals surface area contributed by atoms with Gasteiger partial charge in [-0.15, -0.1) is 0 Å². The highest BCUT2D eigenvalue weighted by atomic mass is 16.5. The number of piperazine rings is 1. The first-order chi connectivity index (χ1) is 16.9. The lowest BCUT2D eigenvalue weighted by atomic mass is 10.0. The first-order valence-corrected chi connectivity index (χ1v) is 11.2. The molecule has 0 saturated carbocycles. The Morgan fingerprint density at radius 3 is 2.06 bits per heavy atom. The van der Waals surface area contributed by atoms with Gasteiger partial charge >= 0.3 is 0 Å². The van der Waals surface area contributed by atoms with Gasteiger partial charge in [-0.1, -0.05) is 42.5 Å². The van der Waals surface area contributed by atoms with Gasteiger partial charge in [-0.05, 0) is 19.1 Å². The molecule has 35 heavy (non-hydrogen) atoms. The van der Waals surface area contributed by atoms with Gasteiger partial charge in [-0.3, -0.25) is 14.4 Å². The minimum atomic E-state index is -0.602. The summed E-state index contributed by atoms with van der Waals surface area (Å²) < 4.78 is 10.4. The molecular weight excluding hydrogens is 448 g/mol. The summed E-state index contributed by atoms with van der Waals surface area (Å²) in [5.41, 5.74) is 1.52. The first-order valence-electron chi connectivity index (χ1n) is 11.2. The lowest BCUT2D eigenvalue weighted by molar-refractivity contribution is -0.130. The quantitative estimate of drug-likeness (QED) is 0.400. The van der Waals surface area contributed by atoms with E-state index in [4.69, 9.17) is 9.47 Å². The Morgan fingerprint density at radius 2 is 1.49 bits per heavy atom. The van der Waals surface area contributed by atoms with Crippen molar-refractivity contribution in [3.05, 3.63) is 71.8 Å². The van der Waals surface area contributed by atoms with Crippen LogP contribution in [0.15, 0.2) is 60.7 Å². The zero-order chi connectivity index (χ0) is 24.9. The van der Waals surface area contributed by atoms with Crippen LogP contribution in [0.3, 0.4) is 0 Å². The predicted molar refractivity (Wildman–Crippen MR) is 128 cm³/mol. The van der Waals surface area contributed by atoms with Crippen molar-refractivity contribution >= 4 is 17.6 Å². The van der Waals surface area contributed by atoms with Crippen molar-refractivity contribution in [3.8, 4) is 23.1 Å². The van der Waals surface area contributed by atoms with Crippen LogP contribution in [0.2, 0.25) is 0 Å². The number of benzene rings is 2. The molecule has 0 bridgehead atoms. The van der Waals surface area contributed by atoms with Crippen LogP contribution < -0.4 is 9.47 Å². The summed E-state index contributed by atoms with van der Waals surface area (Å²) in [4.78, 5) is 50.5. The van der Waals surface area contributed by atoms with Crippen molar-refractivity contribution in [2.24, 2.45) is 0 Å². The number of carbonyl (C=O) groups is 3. The number of Topliss-reactive ketones (excluding diaryl/α,β-unsaturated/α-hetero) is 1. The van der Waals surface area contributed by atoms with E-state index >= 15 is 0 Å². The van der Waals surface area contributed by atoms with Gasteiger partial charge in [0, 0.05) is 42.4 Å². The van der Waals surface area contributed by atoms with Crippen LogP contribution in [-0.2, 0) is 4.79 Å². The van der Waals surface area contributed by atoms with Gasteiger partial charge in [-0.2, -0.15) is 9.97 Å². The zero-order valence-corrected chi connectivity index (χ0v) is 19.8. The van der Waals surface area contributed by atoms with E-state index in [2.05, 4.69) is 9.97 Å². The van der Waals surface area contributed by atoms with Crippen LogP contribution >= 0.6 is 0 Å². The Balaban J connectivity index is 1.44. The van der Waals surface area contributed by atoms with Gasteiger partial charge in [0.25, 0.3) is 11.8 Å². The third kappa shape index (κ3) is 5.13. The molecule has 2 amide bonds. The van der Waals surface area contributed by atoms with Crippen molar-refractivity contribution in [2.75, 3.05) is 33.9 Å². The average Bonchev–Trinajstić information content (AvgIpc) is 2.92. The lowest BCUT2D eigenvalue weighted by Gasteiger charge is -2.39. The van der Waals surface area contributed by atoms with E-state index in [0.29, 0.717) is 48.3 Å². The molecule has 0 radical (unpaired) electrons. The maximum absolute atomic E-state index is 13.0. The molecule has 1 aromatic heterocycles. The highest BCUT2D eigenvalue weighted by molar-refractivity contribution is 6.42. The van der Waals surface area contributed by atoms with Gasteiger partial charge in [0.1, 0.15) is 0 Å². The SMILES string of the molecule is COc1cc(OC)nc(-c2ccc(C(=O)C(=O)N3CCN(C(=O)c4ccccc4)C[C@H]3C)cc2)n1. The van der Waals surface area contributed by atoms with Crippen LogP contribution in [0.25, 0.3) is 11.4 Å². The minimum Gasteiger partial charge on any atom is -0.481 e. The molecule has 180 valence electrons. The minimum absolute atomic E-state index is 0.0807. The molecule has 0 N–H and O–H groups in total. The largest absolute Gasteiger partial charge is 0.481 e. The third-order valence-corrected chi connectivity index (χ3v) is 5.89. The Kier molecular flexibility index (Phi) is 7.05. The molecule has 0 aliphatic carbocycles. The second-order valence-electron chi connectivity index (χ2n) is 8.15. The van der Waals surface area contributed by atoms with Crippen molar-refractivity contribution < 1.29 is 23.9 Å². The smallest absolute Gasteiger partial charge is 0.295 e. The Labute approximate surface area is 203 Å². The standard InChI is InChI=1S/C26H26N4O5/c1-17-16-29(25(32)20-7-5-4-6-8-20)13-14-30(17)26(33)23(31)18-9-11-19(12-10-18)24-27-21(34-2)15-22(28-24)35-3/h4-12,15,17H,13-14,16H2,1-3H3/t17-/m1/s1. The van der Waals surface area contributed by atoms with Gasteiger partial charge in [0.2, 0.25) is 17.5 Å². The number of ether oxygens (including phenoxy) is 2. The van der Waals surface area contributed by atoms with E-state index in [0.717, 1.165) is 0 Å². The van der Waals surface area contributed by atoms with Crippen LogP contribution in [0.5, 0.6) is 11.8 Å². The number of ketones is 1. The molecule has 9 nitrogen and oxygen atoms in total. The highest BCUT2D eigenvalue weighted by Crippen LogP contribution is 2.23. The number of carbonyl (C=O) groups excluding carboxylic acids is 3. The van der Waals surface area contributed by atoms with Crippen molar-refractivity contribution in [3.63, 3.8) is 0 Å². The fourth-order valence-electron chi connectivity index (χ4n) is 3.97. The summed E-state index contributed by atoms with van der Waals surface area (Å²) in [5, 5.41) is 0. The number of nitrogens with zero attached hydrogens (tertiary/aromatic N) is 4. The van der Waals surface area contributed by atoms with Gasteiger partial charge in [0.05, 0.1) is 20.3 Å². The van der Waals surface area contributed by atoms with Crippen LogP contribution in [0.1, 0.15) is 27.6 Å². The van der Waals surface area contributed by atoms with Crippen molar-refractivity contribution in [1.82, 2.24) is 19.8 Å². The maximum Gasteiger partial charge on any atom is 0.295 e. The molecule has 9 heteroatoms. The third-order valence-electron chi connectivity index (χ3n) is 5.89. The maximum atomic E-state index is 13.0. The summed E-state index contributed by atoms with van der Waals surface area (Å²) in [5.74, 6) is -0.198. The Bertz CT molecular complexity index is 1210. The monoisotopic (exact) mass is 474 g/mol. The molecule has 2 aromatic carbocycles. The summed E-state index contributed by atoms with van der Waals surface area (Å²) in [6.45, 7) is 2.86. The van der Waals surface area contributed by atoms with Crippen LogP contribution in [0, 0.1) is 0 Å². The molecule has 2 heterocycles. The van der Waals surface area contributed by atoms with E-state index in [1.54, 1.807) is 47.4 Å². The fraction of sp³-hybridized carbons (Fsp3) is 0.269. The Morgan fingerprint density at radius 1 is 0.857 bits per heavy atom. The summed E-state index contributed by atoms with van der Waals surface area (Å²) in [6, 6.07) is 16.8. The second kappa shape index (κ2) is 10.3. The van der Waals surface area contributed by atoms with Gasteiger partial charge < -0.3 is 19.3 Å². The number of hydrogen-bond acceptors (Lipinski definition) is 7. The van der Waals surface area contributed by atoms with E-state index in [1.165, 1.54) is 19.1 Å². The summed E-state index contributed by atoms with van der Waals surface area (Å²) in [6.07, 6.45) is 0. The zero-order valence-electron chi connectivity index (χ0n) is 19.8. The normalized spacial score (nSPS) is 15.5. The fourth-order valence-corrected chi connectivity index (χ4v) is 3.97. The molecule has 1 aliphatic heterocycles. The van der Waals surface area contributed by atoms with Crippen LogP contribution in [-0.4, -0.2) is 77.3 Å². The molecule has 1 fully saturated rings. The molecule has 0 spiro atoms. The number of rotatable bonds is 6. The van der Waals surface area contributed by atoms with Gasteiger partial charge in [-0.25, -0.2) is 0 Å². The molecule has 0 unspecified atom stereocenters. The topological polar surface area (TPSA) is 102 Å².